The second kappa shape index (κ2) is 15.6. The van der Waals surface area contributed by atoms with Crippen molar-refractivity contribution in [2.75, 3.05) is 14.7 Å². The second-order valence-electron chi connectivity index (χ2n) is 13.9. The first-order valence-corrected chi connectivity index (χ1v) is 19.3. The summed E-state index contributed by atoms with van der Waals surface area (Å²) in [5, 5.41) is 7.08. The Kier molecular flexibility index (Phi) is 9.62. The molecule has 0 amide bonds. The first kappa shape index (κ1) is 35.1. The van der Waals surface area contributed by atoms with Crippen molar-refractivity contribution < 1.29 is 0 Å². The molecule has 9 aromatic carbocycles. The number of anilines is 8. The highest BCUT2D eigenvalue weighted by Crippen LogP contribution is 2.45. The van der Waals surface area contributed by atoms with Gasteiger partial charge in [0.25, 0.3) is 0 Å². The molecular weight excluding hydrogens is 691 g/mol. The Labute approximate surface area is 334 Å². The number of rotatable bonds is 11. The average molecular weight is 732 g/mol. The summed E-state index contributed by atoms with van der Waals surface area (Å²) in [6.07, 6.45) is 5.71. The highest BCUT2D eigenvalue weighted by molar-refractivity contribution is 6.27. The molecule has 0 unspecified atom stereocenters. The molecule has 0 N–H and O–H groups in total. The van der Waals surface area contributed by atoms with E-state index in [4.69, 9.17) is 0 Å². The van der Waals surface area contributed by atoms with E-state index in [-0.39, 0.29) is 0 Å². The number of hydrogen-bond donors (Lipinski definition) is 0. The Morgan fingerprint density at radius 1 is 0.316 bits per heavy atom. The normalized spacial score (nSPS) is 11.4. The van der Waals surface area contributed by atoms with Gasteiger partial charge in [-0.05, 0) is 142 Å². The molecule has 0 radical (unpaired) electrons. The van der Waals surface area contributed by atoms with E-state index in [1.807, 2.05) is 24.3 Å². The standard InChI is InChI=1S/C54H41N3/c1-3-20-40(4-2)55(41-21-10-5-11-22-41)46-31-34-49-52(37-46)50-35-32-47(56(42-23-12-6-13-24-42)43-25-14-7-15-26-43)39-54(50)51-36-33-48(38-53(49)51)57(44-27-16-8-17-28-44)45-29-18-9-19-30-45/h3-39H,1-2H2/b40-20+. The monoisotopic (exact) mass is 731 g/mol. The Bertz CT molecular complexity index is 2670. The number of hydrogen-bond acceptors (Lipinski definition) is 3. The molecule has 3 heteroatoms. The quantitative estimate of drug-likeness (QED) is 0.0969. The van der Waals surface area contributed by atoms with Crippen LogP contribution in [-0.4, -0.2) is 0 Å². The van der Waals surface area contributed by atoms with Crippen molar-refractivity contribution in [3.05, 3.63) is 243 Å². The molecule has 9 aromatic rings. The predicted molar refractivity (Wildman–Crippen MR) is 245 cm³/mol. The summed E-state index contributed by atoms with van der Waals surface area (Å²) in [5.41, 5.74) is 9.59. The third-order valence-electron chi connectivity index (χ3n) is 10.5. The summed E-state index contributed by atoms with van der Waals surface area (Å²) in [6, 6.07) is 73.5. The Morgan fingerprint density at radius 3 is 0.965 bits per heavy atom. The molecule has 0 heterocycles. The summed E-state index contributed by atoms with van der Waals surface area (Å²) >= 11 is 0. The molecule has 0 aliphatic heterocycles. The molecule has 9 rings (SSSR count). The fourth-order valence-electron chi connectivity index (χ4n) is 7.97. The Morgan fingerprint density at radius 2 is 0.632 bits per heavy atom. The fourth-order valence-corrected chi connectivity index (χ4v) is 7.97. The maximum atomic E-state index is 4.19. The van der Waals surface area contributed by atoms with Gasteiger partial charge in [-0.3, -0.25) is 0 Å². The largest absolute Gasteiger partial charge is 0.311 e. The van der Waals surface area contributed by atoms with E-state index in [1.54, 1.807) is 0 Å². The first-order chi connectivity index (χ1) is 28.2. The smallest absolute Gasteiger partial charge is 0.0468 e. The van der Waals surface area contributed by atoms with E-state index in [0.717, 1.165) is 51.2 Å². The highest BCUT2D eigenvalue weighted by Gasteiger charge is 2.20. The van der Waals surface area contributed by atoms with Gasteiger partial charge in [-0.25, -0.2) is 0 Å². The zero-order valence-corrected chi connectivity index (χ0v) is 31.6. The van der Waals surface area contributed by atoms with E-state index in [2.05, 4.69) is 228 Å². The van der Waals surface area contributed by atoms with E-state index in [9.17, 15) is 0 Å². The molecule has 0 aliphatic carbocycles. The minimum Gasteiger partial charge on any atom is -0.311 e. The fraction of sp³-hybridized carbons (Fsp3) is 0. The molecule has 272 valence electrons. The minimum atomic E-state index is 0.938. The number of fused-ring (bicyclic) bond motifs is 6. The van der Waals surface area contributed by atoms with Gasteiger partial charge in [-0.2, -0.15) is 0 Å². The first-order valence-electron chi connectivity index (χ1n) is 19.3. The predicted octanol–water partition coefficient (Wildman–Crippen LogP) is 15.5. The van der Waals surface area contributed by atoms with Crippen molar-refractivity contribution in [1.82, 2.24) is 0 Å². The van der Waals surface area contributed by atoms with Crippen LogP contribution in [0.1, 0.15) is 0 Å². The SMILES string of the molecule is C=C/C=C(\C=C)N(c1ccccc1)c1ccc2c(c1)c1ccc(N(c3ccccc3)c3ccccc3)cc1c1ccc(N(c3ccccc3)c3ccccc3)cc21. The van der Waals surface area contributed by atoms with Crippen LogP contribution in [0.2, 0.25) is 0 Å². The van der Waals surface area contributed by atoms with Gasteiger partial charge in [0, 0.05) is 51.2 Å². The summed E-state index contributed by atoms with van der Waals surface area (Å²) < 4.78 is 0. The van der Waals surface area contributed by atoms with E-state index < -0.39 is 0 Å². The zero-order valence-electron chi connectivity index (χ0n) is 31.6. The molecule has 0 bridgehead atoms. The number of allylic oxidation sites excluding steroid dienone is 3. The Balaban J connectivity index is 1.34. The molecule has 0 aromatic heterocycles. The molecule has 0 atom stereocenters. The average Bonchev–Trinajstić information content (AvgIpc) is 3.28. The van der Waals surface area contributed by atoms with Crippen molar-refractivity contribution in [2.45, 2.75) is 0 Å². The lowest BCUT2D eigenvalue weighted by Gasteiger charge is -2.28. The van der Waals surface area contributed by atoms with Crippen LogP contribution in [0.3, 0.4) is 0 Å². The number of nitrogens with zero attached hydrogens (tertiary/aromatic N) is 3. The van der Waals surface area contributed by atoms with Crippen LogP contribution in [0.4, 0.5) is 45.5 Å². The lowest BCUT2D eigenvalue weighted by atomic mass is 9.92. The second-order valence-corrected chi connectivity index (χ2v) is 13.9. The summed E-state index contributed by atoms with van der Waals surface area (Å²) in [5.74, 6) is 0. The zero-order chi connectivity index (χ0) is 38.6. The molecule has 57 heavy (non-hydrogen) atoms. The molecule has 0 saturated heterocycles. The molecule has 0 spiro atoms. The van der Waals surface area contributed by atoms with Crippen LogP contribution in [0.5, 0.6) is 0 Å². The van der Waals surface area contributed by atoms with E-state index >= 15 is 0 Å². The minimum absolute atomic E-state index is 0.938. The maximum Gasteiger partial charge on any atom is 0.0468 e. The number of benzene rings is 9. The van der Waals surface area contributed by atoms with Gasteiger partial charge < -0.3 is 14.7 Å². The number of para-hydroxylation sites is 5. The van der Waals surface area contributed by atoms with E-state index in [0.29, 0.717) is 0 Å². The van der Waals surface area contributed by atoms with Gasteiger partial charge in [0.1, 0.15) is 0 Å². The maximum absolute atomic E-state index is 4.19. The van der Waals surface area contributed by atoms with Crippen LogP contribution in [-0.2, 0) is 0 Å². The van der Waals surface area contributed by atoms with Gasteiger partial charge in [-0.1, -0.05) is 128 Å². The van der Waals surface area contributed by atoms with Crippen LogP contribution in [0.25, 0.3) is 32.3 Å². The van der Waals surface area contributed by atoms with Gasteiger partial charge in [0.05, 0.1) is 0 Å². The van der Waals surface area contributed by atoms with E-state index in [1.165, 1.54) is 32.3 Å². The van der Waals surface area contributed by atoms with Crippen molar-refractivity contribution in [2.24, 2.45) is 0 Å². The molecule has 3 nitrogen and oxygen atoms in total. The summed E-state index contributed by atoms with van der Waals surface area (Å²) in [7, 11) is 0. The third kappa shape index (κ3) is 6.73. The summed E-state index contributed by atoms with van der Waals surface area (Å²) in [6.45, 7) is 8.21. The lowest BCUT2D eigenvalue weighted by molar-refractivity contribution is 1.22. The van der Waals surface area contributed by atoms with Crippen LogP contribution in [0.15, 0.2) is 243 Å². The molecular formula is C54H41N3. The van der Waals surface area contributed by atoms with Gasteiger partial charge >= 0.3 is 0 Å². The van der Waals surface area contributed by atoms with Crippen LogP contribution < -0.4 is 14.7 Å². The van der Waals surface area contributed by atoms with Gasteiger partial charge in [0.2, 0.25) is 0 Å². The molecule has 0 fully saturated rings. The topological polar surface area (TPSA) is 9.72 Å². The molecule has 0 saturated carbocycles. The van der Waals surface area contributed by atoms with Gasteiger partial charge in [0.15, 0.2) is 0 Å². The van der Waals surface area contributed by atoms with Crippen molar-refractivity contribution in [1.29, 1.82) is 0 Å². The van der Waals surface area contributed by atoms with Crippen molar-refractivity contribution >= 4 is 77.8 Å². The summed E-state index contributed by atoms with van der Waals surface area (Å²) in [4.78, 5) is 6.91. The van der Waals surface area contributed by atoms with Crippen molar-refractivity contribution in [3.63, 3.8) is 0 Å². The van der Waals surface area contributed by atoms with Gasteiger partial charge in [-0.15, -0.1) is 0 Å². The van der Waals surface area contributed by atoms with Crippen LogP contribution >= 0.6 is 0 Å². The molecule has 0 aliphatic rings. The Hall–Kier alpha value is -7.62. The lowest BCUT2D eigenvalue weighted by Crippen LogP contribution is -2.14. The van der Waals surface area contributed by atoms with Crippen LogP contribution in [0, 0.1) is 0 Å². The third-order valence-corrected chi connectivity index (χ3v) is 10.5. The highest BCUT2D eigenvalue weighted by atomic mass is 15.2. The van der Waals surface area contributed by atoms with Crippen molar-refractivity contribution in [3.8, 4) is 0 Å².